The Labute approximate surface area is 98.5 Å². The van der Waals surface area contributed by atoms with E-state index < -0.39 is 15.3 Å². The average molecular weight is 253 g/mol. The van der Waals surface area contributed by atoms with Crippen molar-refractivity contribution in [1.82, 2.24) is 4.31 Å². The standard InChI is InChI=1S/C10H23NO4S/c1-9(2)7-11(5-6-15-4)16(13,14)10(3)8-12/h9-10,12H,5-8H2,1-4H3. The molecule has 6 heteroatoms. The van der Waals surface area contributed by atoms with Gasteiger partial charge in [-0.3, -0.25) is 0 Å². The molecule has 16 heavy (non-hydrogen) atoms. The molecule has 0 aliphatic heterocycles. The first-order valence-corrected chi connectivity index (χ1v) is 6.95. The van der Waals surface area contributed by atoms with E-state index >= 15 is 0 Å². The Balaban J connectivity index is 4.72. The third-order valence-corrected chi connectivity index (χ3v) is 4.46. The maximum atomic E-state index is 12.0. The topological polar surface area (TPSA) is 66.8 Å². The fraction of sp³-hybridized carbons (Fsp3) is 1.00. The molecule has 0 fully saturated rings. The lowest BCUT2D eigenvalue weighted by Gasteiger charge is -2.26. The van der Waals surface area contributed by atoms with Crippen molar-refractivity contribution >= 4 is 10.0 Å². The highest BCUT2D eigenvalue weighted by Gasteiger charge is 2.28. The number of sulfonamides is 1. The van der Waals surface area contributed by atoms with Crippen molar-refractivity contribution in [3.63, 3.8) is 0 Å². The van der Waals surface area contributed by atoms with Crippen LogP contribution in [-0.4, -0.2) is 56.5 Å². The van der Waals surface area contributed by atoms with Crippen LogP contribution in [0.3, 0.4) is 0 Å². The minimum atomic E-state index is -3.42. The molecular formula is C10H23NO4S. The van der Waals surface area contributed by atoms with E-state index in [1.165, 1.54) is 18.3 Å². The molecule has 0 saturated carbocycles. The maximum absolute atomic E-state index is 12.0. The number of methoxy groups -OCH3 is 1. The van der Waals surface area contributed by atoms with Gasteiger partial charge in [-0.1, -0.05) is 13.8 Å². The lowest BCUT2D eigenvalue weighted by Crippen LogP contribution is -2.42. The zero-order chi connectivity index (χ0) is 12.8. The summed E-state index contributed by atoms with van der Waals surface area (Å²) in [6.07, 6.45) is 0. The third-order valence-electron chi connectivity index (χ3n) is 2.24. The first-order valence-electron chi connectivity index (χ1n) is 5.45. The Kier molecular flexibility index (Phi) is 7.14. The van der Waals surface area contributed by atoms with E-state index in [4.69, 9.17) is 9.84 Å². The highest BCUT2D eigenvalue weighted by atomic mass is 32.2. The maximum Gasteiger partial charge on any atom is 0.219 e. The van der Waals surface area contributed by atoms with Gasteiger partial charge in [0.1, 0.15) is 0 Å². The molecule has 0 rings (SSSR count). The molecule has 0 aromatic heterocycles. The fourth-order valence-electron chi connectivity index (χ4n) is 1.27. The number of nitrogens with zero attached hydrogens (tertiary/aromatic N) is 1. The van der Waals surface area contributed by atoms with Crippen LogP contribution in [0.2, 0.25) is 0 Å². The molecule has 0 aromatic carbocycles. The van der Waals surface area contributed by atoms with Gasteiger partial charge in [-0.25, -0.2) is 8.42 Å². The van der Waals surface area contributed by atoms with Crippen LogP contribution in [0.5, 0.6) is 0 Å². The number of rotatable bonds is 8. The molecule has 0 radical (unpaired) electrons. The summed E-state index contributed by atoms with van der Waals surface area (Å²) in [6, 6.07) is 0. The van der Waals surface area contributed by atoms with E-state index in [0.717, 1.165) is 0 Å². The van der Waals surface area contributed by atoms with Gasteiger partial charge in [0.25, 0.3) is 0 Å². The summed E-state index contributed by atoms with van der Waals surface area (Å²) < 4.78 is 30.3. The smallest absolute Gasteiger partial charge is 0.219 e. The molecule has 0 spiro atoms. The van der Waals surface area contributed by atoms with Crippen LogP contribution >= 0.6 is 0 Å². The predicted octanol–water partition coefficient (Wildman–Crippen LogP) is 0.301. The zero-order valence-electron chi connectivity index (χ0n) is 10.5. The van der Waals surface area contributed by atoms with E-state index in [9.17, 15) is 8.42 Å². The zero-order valence-corrected chi connectivity index (χ0v) is 11.3. The Morgan fingerprint density at radius 1 is 1.31 bits per heavy atom. The van der Waals surface area contributed by atoms with Gasteiger partial charge in [-0.05, 0) is 12.8 Å². The first-order chi connectivity index (χ1) is 7.36. The molecular weight excluding hydrogens is 230 g/mol. The van der Waals surface area contributed by atoms with E-state index in [0.29, 0.717) is 19.7 Å². The molecule has 0 aliphatic rings. The Bertz CT molecular complexity index is 277. The normalized spacial score (nSPS) is 14.7. The van der Waals surface area contributed by atoms with E-state index in [-0.39, 0.29) is 12.5 Å². The van der Waals surface area contributed by atoms with Crippen LogP contribution in [0.4, 0.5) is 0 Å². The molecule has 0 aromatic rings. The van der Waals surface area contributed by atoms with Gasteiger partial charge < -0.3 is 9.84 Å². The lowest BCUT2D eigenvalue weighted by atomic mass is 10.2. The second kappa shape index (κ2) is 7.21. The van der Waals surface area contributed by atoms with Crippen LogP contribution in [0, 0.1) is 5.92 Å². The van der Waals surface area contributed by atoms with Crippen molar-refractivity contribution in [1.29, 1.82) is 0 Å². The molecule has 98 valence electrons. The van der Waals surface area contributed by atoms with Gasteiger partial charge in [0, 0.05) is 20.2 Å². The summed E-state index contributed by atoms with van der Waals surface area (Å²) in [4.78, 5) is 0. The van der Waals surface area contributed by atoms with Gasteiger partial charge >= 0.3 is 0 Å². The van der Waals surface area contributed by atoms with E-state index in [1.54, 1.807) is 0 Å². The molecule has 0 aliphatic carbocycles. The van der Waals surface area contributed by atoms with Crippen molar-refractivity contribution < 1.29 is 18.3 Å². The minimum Gasteiger partial charge on any atom is -0.395 e. The molecule has 0 heterocycles. The third kappa shape index (κ3) is 4.78. The molecule has 0 saturated heterocycles. The van der Waals surface area contributed by atoms with Crippen molar-refractivity contribution in [2.45, 2.75) is 26.0 Å². The van der Waals surface area contributed by atoms with E-state index in [1.807, 2.05) is 13.8 Å². The lowest BCUT2D eigenvalue weighted by molar-refractivity contribution is 0.174. The van der Waals surface area contributed by atoms with Crippen molar-refractivity contribution in [3.05, 3.63) is 0 Å². The summed E-state index contributed by atoms with van der Waals surface area (Å²) in [5.74, 6) is 0.248. The number of aliphatic hydroxyl groups is 1. The average Bonchev–Trinajstić information content (AvgIpc) is 2.22. The SMILES string of the molecule is COCCN(CC(C)C)S(=O)(=O)C(C)CO. The molecule has 0 amide bonds. The largest absolute Gasteiger partial charge is 0.395 e. The fourth-order valence-corrected chi connectivity index (χ4v) is 2.80. The van der Waals surface area contributed by atoms with Crippen molar-refractivity contribution in [3.8, 4) is 0 Å². The number of aliphatic hydroxyl groups excluding tert-OH is 1. The summed E-state index contributed by atoms with van der Waals surface area (Å²) in [5, 5.41) is 8.18. The number of hydrogen-bond acceptors (Lipinski definition) is 4. The van der Waals surface area contributed by atoms with Crippen LogP contribution in [0.15, 0.2) is 0 Å². The molecule has 1 N–H and O–H groups in total. The molecule has 0 bridgehead atoms. The Hall–Kier alpha value is -0.170. The first kappa shape index (κ1) is 15.8. The van der Waals surface area contributed by atoms with Gasteiger partial charge in [-0.2, -0.15) is 4.31 Å². The molecule has 1 atom stereocenters. The monoisotopic (exact) mass is 253 g/mol. The summed E-state index contributed by atoms with van der Waals surface area (Å²) in [7, 11) is -1.88. The second-order valence-electron chi connectivity index (χ2n) is 4.28. The highest BCUT2D eigenvalue weighted by Crippen LogP contribution is 2.11. The van der Waals surface area contributed by atoms with Gasteiger partial charge in [0.05, 0.1) is 18.5 Å². The van der Waals surface area contributed by atoms with Crippen LogP contribution in [0.25, 0.3) is 0 Å². The second-order valence-corrected chi connectivity index (χ2v) is 6.63. The van der Waals surface area contributed by atoms with Gasteiger partial charge in [-0.15, -0.1) is 0 Å². The van der Waals surface area contributed by atoms with Gasteiger partial charge in [0.2, 0.25) is 10.0 Å². The summed E-state index contributed by atoms with van der Waals surface area (Å²) in [6.45, 7) is 6.22. The predicted molar refractivity (Wildman–Crippen MR) is 63.8 cm³/mol. The number of ether oxygens (including phenoxy) is 1. The Morgan fingerprint density at radius 3 is 2.25 bits per heavy atom. The van der Waals surface area contributed by atoms with Crippen LogP contribution < -0.4 is 0 Å². The van der Waals surface area contributed by atoms with E-state index in [2.05, 4.69) is 0 Å². The van der Waals surface area contributed by atoms with Gasteiger partial charge in [0.15, 0.2) is 0 Å². The van der Waals surface area contributed by atoms with Crippen molar-refractivity contribution in [2.24, 2.45) is 5.92 Å². The minimum absolute atomic E-state index is 0.248. The highest BCUT2D eigenvalue weighted by molar-refractivity contribution is 7.89. The molecule has 5 nitrogen and oxygen atoms in total. The Morgan fingerprint density at radius 2 is 1.88 bits per heavy atom. The van der Waals surface area contributed by atoms with Crippen LogP contribution in [0.1, 0.15) is 20.8 Å². The quantitative estimate of drug-likeness (QED) is 0.675. The molecule has 1 unspecified atom stereocenters. The summed E-state index contributed by atoms with van der Waals surface area (Å²) in [5.41, 5.74) is 0. The van der Waals surface area contributed by atoms with Crippen molar-refractivity contribution in [2.75, 3.05) is 33.4 Å². The van der Waals surface area contributed by atoms with Crippen LogP contribution in [-0.2, 0) is 14.8 Å². The number of hydrogen-bond donors (Lipinski definition) is 1. The summed E-state index contributed by atoms with van der Waals surface area (Å²) >= 11 is 0.